The van der Waals surface area contributed by atoms with Crippen molar-refractivity contribution in [2.24, 2.45) is 0 Å². The molecule has 0 bridgehead atoms. The summed E-state index contributed by atoms with van der Waals surface area (Å²) in [4.78, 5) is 16.6. The van der Waals surface area contributed by atoms with Gasteiger partial charge in [-0.25, -0.2) is 0 Å². The molecule has 2 N–H and O–H groups in total. The van der Waals surface area contributed by atoms with Crippen molar-refractivity contribution in [3.05, 3.63) is 41.2 Å². The maximum absolute atomic E-state index is 12.9. The SMILES string of the molecule is Cc1ccc(C(=O)Cc2c(O)cncc2O)c2c1OC1(CCS(=O)CC1)O2. The summed E-state index contributed by atoms with van der Waals surface area (Å²) >= 11 is 0. The van der Waals surface area contributed by atoms with Crippen LogP contribution in [-0.2, 0) is 17.2 Å². The lowest BCUT2D eigenvalue weighted by molar-refractivity contribution is -0.0854. The van der Waals surface area contributed by atoms with Crippen LogP contribution in [0, 0.1) is 6.92 Å². The molecular formula is C19H19NO6S. The molecule has 0 unspecified atom stereocenters. The van der Waals surface area contributed by atoms with E-state index in [0.717, 1.165) is 5.56 Å². The van der Waals surface area contributed by atoms with Gasteiger partial charge < -0.3 is 19.7 Å². The van der Waals surface area contributed by atoms with Crippen molar-refractivity contribution in [3.8, 4) is 23.0 Å². The Hall–Kier alpha value is -2.61. The zero-order valence-electron chi connectivity index (χ0n) is 14.7. The second-order valence-electron chi connectivity index (χ2n) is 6.81. The van der Waals surface area contributed by atoms with Crippen molar-refractivity contribution in [2.45, 2.75) is 32.0 Å². The van der Waals surface area contributed by atoms with E-state index in [1.807, 2.05) is 6.92 Å². The summed E-state index contributed by atoms with van der Waals surface area (Å²) in [6.45, 7) is 1.87. The van der Waals surface area contributed by atoms with Gasteiger partial charge in [-0.3, -0.25) is 14.0 Å². The third-order valence-corrected chi connectivity index (χ3v) is 6.28. The highest BCUT2D eigenvalue weighted by Crippen LogP contribution is 2.48. The van der Waals surface area contributed by atoms with Gasteiger partial charge in [-0.15, -0.1) is 0 Å². The van der Waals surface area contributed by atoms with Gasteiger partial charge in [0, 0.05) is 47.1 Å². The highest BCUT2D eigenvalue weighted by molar-refractivity contribution is 7.85. The topological polar surface area (TPSA) is 106 Å². The van der Waals surface area contributed by atoms with Gasteiger partial charge >= 0.3 is 0 Å². The number of fused-ring (bicyclic) bond motifs is 1. The summed E-state index contributed by atoms with van der Waals surface area (Å²) in [5, 5.41) is 19.8. The first-order valence-electron chi connectivity index (χ1n) is 8.63. The molecule has 4 rings (SSSR count). The first-order valence-corrected chi connectivity index (χ1v) is 10.1. The Kier molecular flexibility index (Phi) is 4.30. The zero-order chi connectivity index (χ0) is 19.2. The van der Waals surface area contributed by atoms with Gasteiger partial charge in [0.15, 0.2) is 17.3 Å². The predicted molar refractivity (Wildman–Crippen MR) is 97.9 cm³/mol. The monoisotopic (exact) mass is 389 g/mol. The van der Waals surface area contributed by atoms with Crippen LogP contribution in [0.1, 0.15) is 34.3 Å². The maximum Gasteiger partial charge on any atom is 0.253 e. The first-order chi connectivity index (χ1) is 12.9. The Bertz CT molecular complexity index is 927. The van der Waals surface area contributed by atoms with Gasteiger partial charge in [0.2, 0.25) is 0 Å². The Morgan fingerprint density at radius 1 is 1.15 bits per heavy atom. The molecule has 3 heterocycles. The number of rotatable bonds is 3. The summed E-state index contributed by atoms with van der Waals surface area (Å²) in [7, 11) is -0.867. The van der Waals surface area contributed by atoms with Crippen LogP contribution in [0.2, 0.25) is 0 Å². The molecule has 1 fully saturated rings. The minimum Gasteiger partial charge on any atom is -0.506 e. The number of ketones is 1. The van der Waals surface area contributed by atoms with Crippen molar-refractivity contribution in [2.75, 3.05) is 11.5 Å². The molecule has 7 nitrogen and oxygen atoms in total. The van der Waals surface area contributed by atoms with E-state index in [0.29, 0.717) is 41.4 Å². The Morgan fingerprint density at radius 2 is 1.78 bits per heavy atom. The molecule has 27 heavy (non-hydrogen) atoms. The summed E-state index contributed by atoms with van der Waals surface area (Å²) in [5.74, 6) is 0.217. The molecule has 2 aromatic rings. The van der Waals surface area contributed by atoms with Gasteiger partial charge in [0.05, 0.1) is 18.0 Å². The molecule has 8 heteroatoms. The quantitative estimate of drug-likeness (QED) is 0.776. The zero-order valence-corrected chi connectivity index (χ0v) is 15.5. The fraction of sp³-hybridized carbons (Fsp3) is 0.368. The molecule has 1 spiro atoms. The molecule has 2 aliphatic heterocycles. The molecule has 2 aliphatic rings. The van der Waals surface area contributed by atoms with Gasteiger partial charge in [-0.2, -0.15) is 0 Å². The standard InChI is InChI=1S/C19H19NO6S/c1-11-2-3-12(14(21)8-13-15(22)9-20-10-16(13)23)18-17(11)25-19(26-18)4-6-27(24)7-5-19/h2-3,9-10,22-23H,4-8H2,1H3. The van der Waals surface area contributed by atoms with Crippen LogP contribution in [0.25, 0.3) is 0 Å². The molecule has 1 aromatic carbocycles. The number of hydrogen-bond acceptors (Lipinski definition) is 7. The number of aromatic hydroxyl groups is 2. The van der Waals surface area contributed by atoms with Crippen molar-refractivity contribution in [1.29, 1.82) is 0 Å². The lowest BCUT2D eigenvalue weighted by atomic mass is 10.00. The summed E-state index contributed by atoms with van der Waals surface area (Å²) in [6, 6.07) is 3.44. The predicted octanol–water partition coefficient (Wildman–Crippen LogP) is 2.24. The molecule has 0 saturated carbocycles. The van der Waals surface area contributed by atoms with E-state index in [9.17, 15) is 19.2 Å². The molecule has 0 atom stereocenters. The third kappa shape index (κ3) is 3.14. The van der Waals surface area contributed by atoms with Gasteiger partial charge in [-0.1, -0.05) is 6.07 Å². The lowest BCUT2D eigenvalue weighted by Crippen LogP contribution is -2.44. The number of carbonyl (C=O) groups excluding carboxylic acids is 1. The summed E-state index contributed by atoms with van der Waals surface area (Å²) < 4.78 is 23.9. The fourth-order valence-electron chi connectivity index (χ4n) is 3.37. The Morgan fingerprint density at radius 3 is 2.44 bits per heavy atom. The van der Waals surface area contributed by atoms with Crippen LogP contribution < -0.4 is 9.47 Å². The average molecular weight is 389 g/mol. The average Bonchev–Trinajstić information content (AvgIpc) is 3.01. The lowest BCUT2D eigenvalue weighted by Gasteiger charge is -2.31. The highest BCUT2D eigenvalue weighted by Gasteiger charge is 2.46. The van der Waals surface area contributed by atoms with Crippen LogP contribution in [0.4, 0.5) is 0 Å². The van der Waals surface area contributed by atoms with Crippen molar-refractivity contribution in [3.63, 3.8) is 0 Å². The van der Waals surface area contributed by atoms with Crippen LogP contribution in [0.5, 0.6) is 23.0 Å². The van der Waals surface area contributed by atoms with Crippen molar-refractivity contribution < 1.29 is 28.7 Å². The number of nitrogens with zero attached hydrogens (tertiary/aromatic N) is 1. The van der Waals surface area contributed by atoms with E-state index in [-0.39, 0.29) is 29.3 Å². The minimum atomic E-state index is -0.877. The fourth-order valence-corrected chi connectivity index (χ4v) is 4.66. The molecule has 1 aromatic heterocycles. The van der Waals surface area contributed by atoms with E-state index in [1.54, 1.807) is 12.1 Å². The second-order valence-corrected chi connectivity index (χ2v) is 8.50. The van der Waals surface area contributed by atoms with Crippen LogP contribution in [0.15, 0.2) is 24.5 Å². The van der Waals surface area contributed by atoms with Crippen LogP contribution in [-0.4, -0.2) is 42.5 Å². The molecule has 0 amide bonds. The van der Waals surface area contributed by atoms with E-state index >= 15 is 0 Å². The number of aryl methyl sites for hydroxylation is 1. The van der Waals surface area contributed by atoms with E-state index < -0.39 is 16.6 Å². The van der Waals surface area contributed by atoms with Crippen LogP contribution >= 0.6 is 0 Å². The number of Topliss-reactive ketones (excluding diaryl/α,β-unsaturated/α-hetero) is 1. The van der Waals surface area contributed by atoms with E-state index in [1.165, 1.54) is 12.4 Å². The normalized spacial score (nSPS) is 23.5. The second kappa shape index (κ2) is 6.53. The van der Waals surface area contributed by atoms with Crippen molar-refractivity contribution >= 4 is 16.6 Å². The van der Waals surface area contributed by atoms with E-state index in [2.05, 4.69) is 4.98 Å². The molecule has 0 aliphatic carbocycles. The largest absolute Gasteiger partial charge is 0.506 e. The van der Waals surface area contributed by atoms with Crippen LogP contribution in [0.3, 0.4) is 0 Å². The number of carbonyl (C=O) groups is 1. The van der Waals surface area contributed by atoms with Gasteiger partial charge in [0.1, 0.15) is 11.5 Å². The molecule has 142 valence electrons. The Balaban J connectivity index is 1.66. The molecular weight excluding hydrogens is 370 g/mol. The number of pyridine rings is 1. The van der Waals surface area contributed by atoms with Gasteiger partial charge in [-0.05, 0) is 18.6 Å². The highest BCUT2D eigenvalue weighted by atomic mass is 32.2. The maximum atomic E-state index is 12.9. The smallest absolute Gasteiger partial charge is 0.253 e. The summed E-state index contributed by atoms with van der Waals surface area (Å²) in [5.41, 5.74) is 1.29. The Labute approximate surface area is 158 Å². The first kappa shape index (κ1) is 17.8. The minimum absolute atomic E-state index is 0.117. The van der Waals surface area contributed by atoms with Gasteiger partial charge in [0.25, 0.3) is 5.79 Å². The summed E-state index contributed by atoms with van der Waals surface area (Å²) in [6.07, 6.45) is 3.15. The molecule has 0 radical (unpaired) electrons. The number of benzene rings is 1. The molecule has 1 saturated heterocycles. The third-order valence-electron chi connectivity index (χ3n) is 4.96. The van der Waals surface area contributed by atoms with Crippen molar-refractivity contribution in [1.82, 2.24) is 4.98 Å². The number of ether oxygens (including phenoxy) is 2. The number of hydrogen-bond donors (Lipinski definition) is 2. The van der Waals surface area contributed by atoms with E-state index in [4.69, 9.17) is 9.47 Å². The number of aromatic nitrogens is 1.